The Hall–Kier alpha value is -1.10. The molecule has 0 radical (unpaired) electrons. The minimum atomic E-state index is 0.0620. The van der Waals surface area contributed by atoms with Gasteiger partial charge >= 0.3 is 6.01 Å². The van der Waals surface area contributed by atoms with E-state index in [0.29, 0.717) is 24.9 Å². The van der Waals surface area contributed by atoms with Crippen molar-refractivity contribution in [1.29, 1.82) is 0 Å². The van der Waals surface area contributed by atoms with Crippen molar-refractivity contribution in [3.05, 3.63) is 5.89 Å². The summed E-state index contributed by atoms with van der Waals surface area (Å²) in [6.07, 6.45) is 3.74. The number of rotatable bonds is 7. The fraction of sp³-hybridized carbons (Fsp3) is 0.818. The lowest BCUT2D eigenvalue weighted by Gasteiger charge is -2.30. The third kappa shape index (κ3) is 2.95. The van der Waals surface area contributed by atoms with Gasteiger partial charge in [-0.1, -0.05) is 25.9 Å². The van der Waals surface area contributed by atoms with E-state index < -0.39 is 0 Å². The van der Waals surface area contributed by atoms with Crippen LogP contribution in [-0.2, 0) is 6.42 Å². The minimum Gasteiger partial charge on any atom is -0.408 e. The summed E-state index contributed by atoms with van der Waals surface area (Å²) in [6.45, 7) is 7.02. The van der Waals surface area contributed by atoms with E-state index in [4.69, 9.17) is 10.2 Å². The Morgan fingerprint density at radius 2 is 1.81 bits per heavy atom. The number of nitrogens with zero attached hydrogens (tertiary/aromatic N) is 2. The molecule has 5 heteroatoms. The molecule has 1 aromatic rings. The first-order chi connectivity index (χ1) is 7.69. The first-order valence-corrected chi connectivity index (χ1v) is 6.00. The van der Waals surface area contributed by atoms with E-state index in [1.807, 2.05) is 0 Å². The molecule has 0 aliphatic rings. The predicted molar refractivity (Wildman–Crippen MR) is 64.3 cm³/mol. The highest BCUT2D eigenvalue weighted by Crippen LogP contribution is 2.24. The van der Waals surface area contributed by atoms with Crippen molar-refractivity contribution in [1.82, 2.24) is 10.2 Å². The van der Waals surface area contributed by atoms with Crippen molar-refractivity contribution in [3.63, 3.8) is 0 Å². The average Bonchev–Trinajstić information content (AvgIpc) is 2.74. The van der Waals surface area contributed by atoms with Gasteiger partial charge in [0.25, 0.3) is 0 Å². The van der Waals surface area contributed by atoms with Gasteiger partial charge in [-0.05, 0) is 19.3 Å². The fourth-order valence-electron chi connectivity index (χ4n) is 1.77. The van der Waals surface area contributed by atoms with Crippen LogP contribution in [0.4, 0.5) is 6.01 Å². The molecule has 0 atom stereocenters. The van der Waals surface area contributed by atoms with Crippen molar-refractivity contribution in [2.24, 2.45) is 5.73 Å². The Morgan fingerprint density at radius 1 is 1.19 bits per heavy atom. The quantitative estimate of drug-likeness (QED) is 0.743. The average molecular weight is 226 g/mol. The molecule has 0 aliphatic heterocycles. The number of anilines is 1. The molecule has 0 aliphatic carbocycles. The van der Waals surface area contributed by atoms with Crippen LogP contribution in [0, 0.1) is 0 Å². The maximum absolute atomic E-state index is 5.47. The normalized spacial score (nSPS) is 11.8. The van der Waals surface area contributed by atoms with Crippen molar-refractivity contribution in [3.8, 4) is 0 Å². The first kappa shape index (κ1) is 13.0. The van der Waals surface area contributed by atoms with Gasteiger partial charge in [0.1, 0.15) is 0 Å². The summed E-state index contributed by atoms with van der Waals surface area (Å²) < 4.78 is 5.47. The van der Waals surface area contributed by atoms with E-state index in [-0.39, 0.29) is 5.54 Å². The summed E-state index contributed by atoms with van der Waals surface area (Å²) in [4.78, 5) is 0. The van der Waals surface area contributed by atoms with Gasteiger partial charge in [-0.15, -0.1) is 5.10 Å². The predicted octanol–water partition coefficient (Wildman–Crippen LogP) is 1.95. The second kappa shape index (κ2) is 5.84. The van der Waals surface area contributed by atoms with Crippen LogP contribution in [0.1, 0.15) is 45.9 Å². The Balaban J connectivity index is 2.69. The van der Waals surface area contributed by atoms with Crippen LogP contribution >= 0.6 is 0 Å². The number of nitrogens with one attached hydrogen (secondary N) is 1. The topological polar surface area (TPSA) is 77.0 Å². The van der Waals surface area contributed by atoms with E-state index in [1.54, 1.807) is 0 Å². The van der Waals surface area contributed by atoms with E-state index in [9.17, 15) is 0 Å². The van der Waals surface area contributed by atoms with Crippen LogP contribution in [0.15, 0.2) is 4.42 Å². The number of aromatic nitrogens is 2. The monoisotopic (exact) mass is 226 g/mol. The van der Waals surface area contributed by atoms with Crippen LogP contribution in [0.3, 0.4) is 0 Å². The molecule has 92 valence electrons. The van der Waals surface area contributed by atoms with E-state index >= 15 is 0 Å². The molecule has 1 heterocycles. The molecule has 1 aromatic heterocycles. The molecule has 1 rings (SSSR count). The SMILES string of the molecule is CCC(CC)(CC)Nc1nnc(CCN)o1. The lowest BCUT2D eigenvalue weighted by molar-refractivity contribution is 0.397. The van der Waals surface area contributed by atoms with Crippen LogP contribution in [-0.4, -0.2) is 22.3 Å². The second-order valence-electron chi connectivity index (χ2n) is 4.01. The molecule has 0 aromatic carbocycles. The molecule has 0 spiro atoms. The van der Waals surface area contributed by atoms with Crippen LogP contribution in [0.2, 0.25) is 0 Å². The van der Waals surface area contributed by atoms with Gasteiger partial charge < -0.3 is 15.5 Å². The van der Waals surface area contributed by atoms with Crippen molar-refractivity contribution < 1.29 is 4.42 Å². The van der Waals surface area contributed by atoms with E-state index in [0.717, 1.165) is 19.3 Å². The number of nitrogens with two attached hydrogens (primary N) is 1. The van der Waals surface area contributed by atoms with E-state index in [2.05, 4.69) is 36.3 Å². The summed E-state index contributed by atoms with van der Waals surface area (Å²) in [5, 5.41) is 11.3. The number of hydrogen-bond acceptors (Lipinski definition) is 5. The van der Waals surface area contributed by atoms with Crippen LogP contribution < -0.4 is 11.1 Å². The lowest BCUT2D eigenvalue weighted by atomic mass is 9.90. The molecule has 5 nitrogen and oxygen atoms in total. The van der Waals surface area contributed by atoms with Gasteiger partial charge in [0.05, 0.1) is 0 Å². The van der Waals surface area contributed by atoms with Gasteiger partial charge in [0.15, 0.2) is 0 Å². The van der Waals surface area contributed by atoms with Crippen molar-refractivity contribution >= 4 is 6.01 Å². The van der Waals surface area contributed by atoms with Crippen LogP contribution in [0.25, 0.3) is 0 Å². The smallest absolute Gasteiger partial charge is 0.315 e. The first-order valence-electron chi connectivity index (χ1n) is 6.00. The molecule has 3 N–H and O–H groups in total. The van der Waals surface area contributed by atoms with Gasteiger partial charge in [0.2, 0.25) is 5.89 Å². The summed E-state index contributed by atoms with van der Waals surface area (Å²) >= 11 is 0. The third-order valence-corrected chi connectivity index (χ3v) is 3.23. The minimum absolute atomic E-state index is 0.0620. The molecular formula is C11H22N4O. The van der Waals surface area contributed by atoms with Gasteiger partial charge in [0, 0.05) is 18.5 Å². The maximum Gasteiger partial charge on any atom is 0.315 e. The molecule has 0 saturated carbocycles. The van der Waals surface area contributed by atoms with E-state index in [1.165, 1.54) is 0 Å². The standard InChI is InChI=1S/C11H22N4O/c1-4-11(5-2,6-3)13-10-15-14-9(16-10)7-8-12/h4-8,12H2,1-3H3,(H,13,15). The zero-order valence-corrected chi connectivity index (χ0v) is 10.4. The maximum atomic E-state index is 5.47. The highest BCUT2D eigenvalue weighted by molar-refractivity contribution is 5.23. The van der Waals surface area contributed by atoms with Crippen LogP contribution in [0.5, 0.6) is 0 Å². The summed E-state index contributed by atoms with van der Waals surface area (Å²) in [5.74, 6) is 0.599. The fourth-order valence-corrected chi connectivity index (χ4v) is 1.77. The Morgan fingerprint density at radius 3 is 2.31 bits per heavy atom. The summed E-state index contributed by atoms with van der Waals surface area (Å²) in [5.41, 5.74) is 5.49. The Bertz CT molecular complexity index is 298. The summed E-state index contributed by atoms with van der Waals surface area (Å²) in [7, 11) is 0. The number of hydrogen-bond donors (Lipinski definition) is 2. The van der Waals surface area contributed by atoms with Crippen molar-refractivity contribution in [2.75, 3.05) is 11.9 Å². The highest BCUT2D eigenvalue weighted by Gasteiger charge is 2.25. The molecule has 0 saturated heterocycles. The molecule has 0 unspecified atom stereocenters. The second-order valence-corrected chi connectivity index (χ2v) is 4.01. The molecule has 0 bridgehead atoms. The zero-order chi connectivity index (χ0) is 12.0. The van der Waals surface area contributed by atoms with Crippen molar-refractivity contribution in [2.45, 2.75) is 52.0 Å². The largest absolute Gasteiger partial charge is 0.408 e. The molecular weight excluding hydrogens is 204 g/mol. The zero-order valence-electron chi connectivity index (χ0n) is 10.4. The van der Waals surface area contributed by atoms with Gasteiger partial charge in [-0.25, -0.2) is 0 Å². The van der Waals surface area contributed by atoms with Gasteiger partial charge in [-0.2, -0.15) is 0 Å². The Labute approximate surface area is 96.8 Å². The highest BCUT2D eigenvalue weighted by atomic mass is 16.4. The molecule has 0 amide bonds. The molecule has 16 heavy (non-hydrogen) atoms. The Kier molecular flexibility index (Phi) is 4.73. The van der Waals surface area contributed by atoms with Gasteiger partial charge in [-0.3, -0.25) is 0 Å². The third-order valence-electron chi connectivity index (χ3n) is 3.23. The molecule has 0 fully saturated rings. The lowest BCUT2D eigenvalue weighted by Crippen LogP contribution is -2.36. The summed E-state index contributed by atoms with van der Waals surface area (Å²) in [6, 6.07) is 0.508.